The van der Waals surface area contributed by atoms with Crippen LogP contribution in [-0.4, -0.2) is 63.6 Å². The van der Waals surface area contributed by atoms with Gasteiger partial charge < -0.3 is 15.5 Å². The minimum absolute atomic E-state index is 0.0590. The quantitative estimate of drug-likeness (QED) is 0.775. The summed E-state index contributed by atoms with van der Waals surface area (Å²) < 4.78 is 25.6. The molecule has 9 heteroatoms. The molecule has 8 nitrogen and oxygen atoms in total. The second-order valence-electron chi connectivity index (χ2n) is 7.93. The molecule has 2 saturated heterocycles. The van der Waals surface area contributed by atoms with Crippen LogP contribution in [0, 0.1) is 6.92 Å². The maximum Gasteiger partial charge on any atom is 0.253 e. The number of carbonyl (C=O) groups excluding carboxylic acids is 2. The molecule has 2 heterocycles. The summed E-state index contributed by atoms with van der Waals surface area (Å²) in [5.41, 5.74) is 9.00. The topological polar surface area (TPSA) is 104 Å². The maximum absolute atomic E-state index is 12.9. The van der Waals surface area contributed by atoms with Gasteiger partial charge in [0, 0.05) is 49.5 Å². The molecule has 2 aliphatic rings. The molecule has 31 heavy (non-hydrogen) atoms. The number of primary amides is 1. The number of piperazine rings is 1. The van der Waals surface area contributed by atoms with Crippen molar-refractivity contribution in [1.29, 1.82) is 0 Å². The Bertz CT molecular complexity index is 1110. The van der Waals surface area contributed by atoms with Gasteiger partial charge in [-0.25, -0.2) is 8.42 Å². The lowest BCUT2D eigenvalue weighted by Gasteiger charge is -2.37. The lowest BCUT2D eigenvalue weighted by Crippen LogP contribution is -2.49. The van der Waals surface area contributed by atoms with Crippen molar-refractivity contribution in [2.45, 2.75) is 13.3 Å². The third-order valence-electron chi connectivity index (χ3n) is 5.89. The molecule has 2 amide bonds. The van der Waals surface area contributed by atoms with Crippen LogP contribution in [0.15, 0.2) is 42.5 Å². The molecular formula is C22H26N4O4S. The van der Waals surface area contributed by atoms with Crippen molar-refractivity contribution in [2.75, 3.05) is 47.7 Å². The number of hydrogen-bond donors (Lipinski definition) is 1. The van der Waals surface area contributed by atoms with Crippen LogP contribution in [0.4, 0.5) is 11.4 Å². The normalized spacial score (nSPS) is 18.3. The van der Waals surface area contributed by atoms with Crippen molar-refractivity contribution in [1.82, 2.24) is 4.90 Å². The van der Waals surface area contributed by atoms with Gasteiger partial charge in [0.1, 0.15) is 0 Å². The van der Waals surface area contributed by atoms with E-state index in [0.29, 0.717) is 56.0 Å². The summed E-state index contributed by atoms with van der Waals surface area (Å²) in [4.78, 5) is 28.3. The van der Waals surface area contributed by atoms with Crippen LogP contribution in [0.25, 0.3) is 0 Å². The molecule has 2 aromatic rings. The molecule has 0 aliphatic carbocycles. The Labute approximate surface area is 182 Å². The number of rotatable bonds is 4. The zero-order valence-corrected chi connectivity index (χ0v) is 18.3. The largest absolute Gasteiger partial charge is 0.368 e. The minimum Gasteiger partial charge on any atom is -0.368 e. The highest BCUT2D eigenvalue weighted by molar-refractivity contribution is 7.93. The van der Waals surface area contributed by atoms with Crippen molar-refractivity contribution in [3.8, 4) is 0 Å². The van der Waals surface area contributed by atoms with Crippen LogP contribution in [-0.2, 0) is 10.0 Å². The lowest BCUT2D eigenvalue weighted by molar-refractivity contribution is 0.0746. The Balaban J connectivity index is 1.40. The van der Waals surface area contributed by atoms with E-state index >= 15 is 0 Å². The van der Waals surface area contributed by atoms with Gasteiger partial charge in [0.15, 0.2) is 0 Å². The van der Waals surface area contributed by atoms with Gasteiger partial charge in [-0.3, -0.25) is 13.9 Å². The standard InChI is InChI=1S/C22H26N4O4S/c1-16-15-18(21(23)27)5-8-20(16)24-10-12-25(13-11-24)22(28)17-3-6-19(7-4-17)26-9-2-14-31(26,29)30/h3-8,15H,2,9-14H2,1H3,(H2,23,27). The van der Waals surface area contributed by atoms with Crippen molar-refractivity contribution in [3.05, 3.63) is 59.2 Å². The van der Waals surface area contributed by atoms with Crippen LogP contribution >= 0.6 is 0 Å². The number of nitrogens with zero attached hydrogens (tertiary/aromatic N) is 3. The van der Waals surface area contributed by atoms with Crippen LogP contribution in [0.2, 0.25) is 0 Å². The zero-order valence-electron chi connectivity index (χ0n) is 17.5. The smallest absolute Gasteiger partial charge is 0.253 e. The highest BCUT2D eigenvalue weighted by Crippen LogP contribution is 2.26. The first-order valence-corrected chi connectivity index (χ1v) is 11.9. The first kappa shape index (κ1) is 21.2. The molecule has 0 aromatic heterocycles. The third-order valence-corrected chi connectivity index (χ3v) is 7.76. The first-order chi connectivity index (χ1) is 14.8. The molecule has 0 saturated carbocycles. The molecule has 2 fully saturated rings. The molecule has 0 atom stereocenters. The van der Waals surface area contributed by atoms with Gasteiger partial charge in [0.2, 0.25) is 15.9 Å². The van der Waals surface area contributed by atoms with Crippen LogP contribution in [0.5, 0.6) is 0 Å². The summed E-state index contributed by atoms with van der Waals surface area (Å²) in [6, 6.07) is 12.2. The zero-order chi connectivity index (χ0) is 22.2. The average molecular weight is 443 g/mol. The van der Waals surface area contributed by atoms with E-state index in [0.717, 1.165) is 11.3 Å². The van der Waals surface area contributed by atoms with Crippen molar-refractivity contribution in [2.24, 2.45) is 5.73 Å². The second-order valence-corrected chi connectivity index (χ2v) is 9.95. The predicted molar refractivity (Wildman–Crippen MR) is 120 cm³/mol. The van der Waals surface area contributed by atoms with Crippen molar-refractivity contribution < 1.29 is 18.0 Å². The van der Waals surface area contributed by atoms with Gasteiger partial charge in [0.05, 0.1) is 11.4 Å². The molecule has 2 aromatic carbocycles. The summed E-state index contributed by atoms with van der Waals surface area (Å²) >= 11 is 0. The van der Waals surface area contributed by atoms with E-state index in [1.807, 2.05) is 17.9 Å². The molecule has 0 spiro atoms. The summed E-state index contributed by atoms with van der Waals surface area (Å²) in [5.74, 6) is -0.336. The van der Waals surface area contributed by atoms with E-state index in [4.69, 9.17) is 5.73 Å². The average Bonchev–Trinajstić information content (AvgIpc) is 3.12. The molecule has 0 bridgehead atoms. The molecule has 2 aliphatic heterocycles. The number of benzene rings is 2. The minimum atomic E-state index is -3.23. The lowest BCUT2D eigenvalue weighted by atomic mass is 10.1. The Morgan fingerprint density at radius 3 is 2.10 bits per heavy atom. The predicted octanol–water partition coefficient (Wildman–Crippen LogP) is 1.60. The number of carbonyl (C=O) groups is 2. The van der Waals surface area contributed by atoms with Gasteiger partial charge in [-0.2, -0.15) is 0 Å². The number of sulfonamides is 1. The fourth-order valence-corrected chi connectivity index (χ4v) is 5.76. The first-order valence-electron chi connectivity index (χ1n) is 10.3. The monoisotopic (exact) mass is 442 g/mol. The number of amides is 2. The highest BCUT2D eigenvalue weighted by Gasteiger charge is 2.29. The van der Waals surface area contributed by atoms with Crippen molar-refractivity contribution >= 4 is 33.2 Å². The molecule has 4 rings (SSSR count). The molecule has 0 unspecified atom stereocenters. The van der Waals surface area contributed by atoms with Gasteiger partial charge >= 0.3 is 0 Å². The summed E-state index contributed by atoms with van der Waals surface area (Å²) in [5, 5.41) is 0. The number of aryl methyl sites for hydroxylation is 1. The Hall–Kier alpha value is -3.07. The van der Waals surface area contributed by atoms with E-state index in [2.05, 4.69) is 4.90 Å². The van der Waals surface area contributed by atoms with E-state index in [9.17, 15) is 18.0 Å². The molecule has 2 N–H and O–H groups in total. The third kappa shape index (κ3) is 4.23. The van der Waals surface area contributed by atoms with E-state index in [1.54, 1.807) is 36.4 Å². The van der Waals surface area contributed by atoms with Gasteiger partial charge in [-0.05, 0) is 61.4 Å². The number of nitrogens with two attached hydrogens (primary N) is 1. The SMILES string of the molecule is Cc1cc(C(N)=O)ccc1N1CCN(C(=O)c2ccc(N3CCCS3(=O)=O)cc2)CC1. The van der Waals surface area contributed by atoms with Crippen LogP contribution < -0.4 is 14.9 Å². The van der Waals surface area contributed by atoms with Gasteiger partial charge in [-0.1, -0.05) is 0 Å². The summed E-state index contributed by atoms with van der Waals surface area (Å²) in [6.45, 7) is 4.97. The fraction of sp³-hybridized carbons (Fsp3) is 0.364. The van der Waals surface area contributed by atoms with Gasteiger partial charge in [-0.15, -0.1) is 0 Å². The number of hydrogen-bond acceptors (Lipinski definition) is 5. The van der Waals surface area contributed by atoms with Crippen LogP contribution in [0.3, 0.4) is 0 Å². The van der Waals surface area contributed by atoms with Crippen molar-refractivity contribution in [3.63, 3.8) is 0 Å². The molecule has 164 valence electrons. The van der Waals surface area contributed by atoms with Crippen LogP contribution in [0.1, 0.15) is 32.7 Å². The number of anilines is 2. The second kappa shape index (κ2) is 8.22. The highest BCUT2D eigenvalue weighted by atomic mass is 32.2. The Morgan fingerprint density at radius 1 is 0.903 bits per heavy atom. The van der Waals surface area contributed by atoms with E-state index < -0.39 is 15.9 Å². The molecular weight excluding hydrogens is 416 g/mol. The fourth-order valence-electron chi connectivity index (χ4n) is 4.20. The van der Waals surface area contributed by atoms with E-state index in [-0.39, 0.29) is 11.7 Å². The molecule has 0 radical (unpaired) electrons. The van der Waals surface area contributed by atoms with Gasteiger partial charge in [0.25, 0.3) is 5.91 Å². The van der Waals surface area contributed by atoms with E-state index in [1.165, 1.54) is 4.31 Å². The maximum atomic E-state index is 12.9. The summed E-state index contributed by atoms with van der Waals surface area (Å²) in [6.07, 6.45) is 0.623. The summed E-state index contributed by atoms with van der Waals surface area (Å²) in [7, 11) is -3.23. The Kier molecular flexibility index (Phi) is 5.62. The Morgan fingerprint density at radius 2 is 1.55 bits per heavy atom.